The van der Waals surface area contributed by atoms with E-state index in [1.54, 1.807) is 0 Å². The van der Waals surface area contributed by atoms with Gasteiger partial charge in [0.05, 0.1) is 13.2 Å². The van der Waals surface area contributed by atoms with Gasteiger partial charge in [0, 0.05) is 24.9 Å². The van der Waals surface area contributed by atoms with Gasteiger partial charge < -0.3 is 19.6 Å². The van der Waals surface area contributed by atoms with E-state index in [0.717, 1.165) is 17.7 Å². The number of rotatable bonds is 3. The second kappa shape index (κ2) is 5.27. The van der Waals surface area contributed by atoms with Crippen LogP contribution in [0.4, 0.5) is 0 Å². The third-order valence-electron chi connectivity index (χ3n) is 2.82. The lowest BCUT2D eigenvalue weighted by molar-refractivity contribution is 0.297. The Labute approximate surface area is 110 Å². The van der Waals surface area contributed by atoms with Crippen LogP contribution in [0.3, 0.4) is 0 Å². The molecule has 0 saturated heterocycles. The summed E-state index contributed by atoms with van der Waals surface area (Å²) in [5.41, 5.74) is 6.27. The molecule has 6 nitrogen and oxygen atoms in total. The van der Waals surface area contributed by atoms with Crippen molar-refractivity contribution < 1.29 is 13.9 Å². The molecule has 1 aromatic heterocycles. The molecule has 0 spiro atoms. The lowest BCUT2D eigenvalue weighted by Crippen LogP contribution is -2.02. The van der Waals surface area contributed by atoms with Gasteiger partial charge in [0.15, 0.2) is 11.5 Å². The summed E-state index contributed by atoms with van der Waals surface area (Å²) in [7, 11) is 0. The maximum atomic E-state index is 5.63. The van der Waals surface area contributed by atoms with Gasteiger partial charge in [-0.3, -0.25) is 0 Å². The molecule has 100 valence electrons. The Morgan fingerprint density at radius 1 is 1.11 bits per heavy atom. The Kier molecular flexibility index (Phi) is 3.33. The fraction of sp³-hybridized carbons (Fsp3) is 0.385. The van der Waals surface area contributed by atoms with Gasteiger partial charge in [-0.25, -0.2) is 0 Å². The normalized spacial score (nSPS) is 14.2. The summed E-state index contributed by atoms with van der Waals surface area (Å²) in [6.07, 6.45) is 1.46. The van der Waals surface area contributed by atoms with Crippen molar-refractivity contribution in [1.29, 1.82) is 0 Å². The van der Waals surface area contributed by atoms with Crippen LogP contribution in [0.1, 0.15) is 12.3 Å². The average molecular weight is 261 g/mol. The zero-order chi connectivity index (χ0) is 13.1. The van der Waals surface area contributed by atoms with Crippen molar-refractivity contribution in [3.63, 3.8) is 0 Å². The number of benzene rings is 1. The van der Waals surface area contributed by atoms with Crippen LogP contribution in [0.2, 0.25) is 0 Å². The van der Waals surface area contributed by atoms with E-state index < -0.39 is 0 Å². The number of hydrogen-bond acceptors (Lipinski definition) is 6. The van der Waals surface area contributed by atoms with Gasteiger partial charge in [-0.15, -0.1) is 10.2 Å². The first kappa shape index (κ1) is 12.0. The van der Waals surface area contributed by atoms with Crippen LogP contribution in [0, 0.1) is 0 Å². The smallest absolute Gasteiger partial charge is 0.247 e. The van der Waals surface area contributed by atoms with E-state index in [4.69, 9.17) is 19.6 Å². The Bertz CT molecular complexity index is 568. The molecule has 0 atom stereocenters. The van der Waals surface area contributed by atoms with E-state index >= 15 is 0 Å². The van der Waals surface area contributed by atoms with Crippen LogP contribution in [0.5, 0.6) is 11.5 Å². The minimum absolute atomic E-state index is 0.471. The van der Waals surface area contributed by atoms with Gasteiger partial charge in [0.25, 0.3) is 0 Å². The Balaban J connectivity index is 1.89. The first-order valence-corrected chi connectivity index (χ1v) is 6.29. The molecule has 1 aliphatic rings. The number of fused-ring (bicyclic) bond motifs is 1. The number of aromatic nitrogens is 2. The highest BCUT2D eigenvalue weighted by atomic mass is 16.5. The van der Waals surface area contributed by atoms with E-state index in [2.05, 4.69) is 10.2 Å². The van der Waals surface area contributed by atoms with E-state index in [9.17, 15) is 0 Å². The lowest BCUT2D eigenvalue weighted by Gasteiger charge is -2.07. The summed E-state index contributed by atoms with van der Waals surface area (Å²) >= 11 is 0. The van der Waals surface area contributed by atoms with E-state index in [-0.39, 0.29) is 0 Å². The van der Waals surface area contributed by atoms with Crippen LogP contribution in [0.25, 0.3) is 11.5 Å². The predicted molar refractivity (Wildman–Crippen MR) is 68.1 cm³/mol. The number of hydrogen-bond donors (Lipinski definition) is 1. The summed E-state index contributed by atoms with van der Waals surface area (Å²) in [6, 6.07) is 5.61. The fourth-order valence-corrected chi connectivity index (χ4v) is 1.89. The van der Waals surface area contributed by atoms with Crippen LogP contribution < -0.4 is 15.2 Å². The summed E-state index contributed by atoms with van der Waals surface area (Å²) in [4.78, 5) is 0. The lowest BCUT2D eigenvalue weighted by atomic mass is 10.2. The standard InChI is InChI=1S/C13H15N3O3/c14-5-4-12-15-16-13(19-12)9-2-3-10-11(8-9)18-7-1-6-17-10/h2-3,8H,1,4-7,14H2. The zero-order valence-electron chi connectivity index (χ0n) is 10.5. The molecular formula is C13H15N3O3. The molecule has 1 aliphatic heterocycles. The maximum Gasteiger partial charge on any atom is 0.247 e. The molecule has 0 saturated carbocycles. The molecular weight excluding hydrogens is 246 g/mol. The molecule has 0 aliphatic carbocycles. The largest absolute Gasteiger partial charge is 0.490 e. The molecule has 2 N–H and O–H groups in total. The van der Waals surface area contributed by atoms with Gasteiger partial charge in [0.1, 0.15) is 0 Å². The van der Waals surface area contributed by atoms with Crippen molar-refractivity contribution in [3.05, 3.63) is 24.1 Å². The zero-order valence-corrected chi connectivity index (χ0v) is 10.5. The summed E-state index contributed by atoms with van der Waals surface area (Å²) in [6.45, 7) is 1.81. The highest BCUT2D eigenvalue weighted by Crippen LogP contribution is 2.33. The minimum Gasteiger partial charge on any atom is -0.490 e. The highest BCUT2D eigenvalue weighted by Gasteiger charge is 2.14. The fourth-order valence-electron chi connectivity index (χ4n) is 1.89. The predicted octanol–water partition coefficient (Wildman–Crippen LogP) is 1.40. The van der Waals surface area contributed by atoms with E-state index in [1.165, 1.54) is 0 Å². The molecule has 0 fully saturated rings. The molecule has 3 rings (SSSR count). The molecule has 0 amide bonds. The van der Waals surface area contributed by atoms with Crippen LogP contribution in [0.15, 0.2) is 22.6 Å². The van der Waals surface area contributed by atoms with Crippen molar-refractivity contribution in [3.8, 4) is 23.0 Å². The van der Waals surface area contributed by atoms with Gasteiger partial charge >= 0.3 is 0 Å². The molecule has 0 radical (unpaired) electrons. The minimum atomic E-state index is 0.471. The third kappa shape index (κ3) is 2.53. The average Bonchev–Trinajstić information content (AvgIpc) is 2.76. The van der Waals surface area contributed by atoms with Crippen molar-refractivity contribution in [1.82, 2.24) is 10.2 Å². The summed E-state index contributed by atoms with van der Waals surface area (Å²) < 4.78 is 16.7. The first-order chi connectivity index (χ1) is 9.36. The van der Waals surface area contributed by atoms with Crippen molar-refractivity contribution >= 4 is 0 Å². The van der Waals surface area contributed by atoms with E-state index in [0.29, 0.717) is 43.7 Å². The Hall–Kier alpha value is -2.08. The van der Waals surface area contributed by atoms with Crippen molar-refractivity contribution in [2.45, 2.75) is 12.8 Å². The van der Waals surface area contributed by atoms with Crippen LogP contribution in [-0.4, -0.2) is 30.0 Å². The van der Waals surface area contributed by atoms with E-state index in [1.807, 2.05) is 18.2 Å². The Morgan fingerprint density at radius 2 is 1.95 bits per heavy atom. The second-order valence-corrected chi connectivity index (χ2v) is 4.25. The third-order valence-corrected chi connectivity index (χ3v) is 2.82. The quantitative estimate of drug-likeness (QED) is 0.899. The molecule has 2 aromatic rings. The van der Waals surface area contributed by atoms with Crippen molar-refractivity contribution in [2.24, 2.45) is 5.73 Å². The number of ether oxygens (including phenoxy) is 2. The molecule has 0 bridgehead atoms. The molecule has 6 heteroatoms. The first-order valence-electron chi connectivity index (χ1n) is 6.29. The molecule has 1 aromatic carbocycles. The van der Waals surface area contributed by atoms with Gasteiger partial charge in [-0.1, -0.05) is 0 Å². The molecule has 2 heterocycles. The molecule has 19 heavy (non-hydrogen) atoms. The van der Waals surface area contributed by atoms with Crippen LogP contribution >= 0.6 is 0 Å². The number of nitrogens with two attached hydrogens (primary N) is 1. The highest BCUT2D eigenvalue weighted by molar-refractivity contribution is 5.59. The summed E-state index contributed by atoms with van der Waals surface area (Å²) in [5, 5.41) is 7.95. The summed E-state index contributed by atoms with van der Waals surface area (Å²) in [5.74, 6) is 2.49. The van der Waals surface area contributed by atoms with Gasteiger partial charge in [-0.2, -0.15) is 0 Å². The Morgan fingerprint density at radius 3 is 2.79 bits per heavy atom. The SMILES string of the molecule is NCCc1nnc(-c2ccc3c(c2)OCCCO3)o1. The van der Waals surface area contributed by atoms with Gasteiger partial charge in [0.2, 0.25) is 11.8 Å². The molecule has 0 unspecified atom stereocenters. The maximum absolute atomic E-state index is 5.63. The number of nitrogens with zero attached hydrogens (tertiary/aromatic N) is 2. The van der Waals surface area contributed by atoms with Gasteiger partial charge in [-0.05, 0) is 18.2 Å². The monoisotopic (exact) mass is 261 g/mol. The van der Waals surface area contributed by atoms with Crippen molar-refractivity contribution in [2.75, 3.05) is 19.8 Å². The topological polar surface area (TPSA) is 83.4 Å². The van der Waals surface area contributed by atoms with Crippen LogP contribution in [-0.2, 0) is 6.42 Å². The second-order valence-electron chi connectivity index (χ2n) is 4.25.